The van der Waals surface area contributed by atoms with Crippen LogP contribution in [-0.4, -0.2) is 16.1 Å². The highest BCUT2D eigenvalue weighted by atomic mass is 79.9. The van der Waals surface area contributed by atoms with E-state index in [1.54, 1.807) is 24.3 Å². The van der Waals surface area contributed by atoms with Crippen LogP contribution in [0.1, 0.15) is 62.2 Å². The van der Waals surface area contributed by atoms with Gasteiger partial charge in [0, 0.05) is 9.89 Å². The Morgan fingerprint density at radius 3 is 2.29 bits per heavy atom. The van der Waals surface area contributed by atoms with E-state index in [4.69, 9.17) is 4.74 Å². The van der Waals surface area contributed by atoms with E-state index < -0.39 is 0 Å². The Labute approximate surface area is 151 Å². The van der Waals surface area contributed by atoms with Crippen molar-refractivity contribution in [3.8, 4) is 5.75 Å². The summed E-state index contributed by atoms with van der Waals surface area (Å²) in [7, 11) is 0. The van der Waals surface area contributed by atoms with Gasteiger partial charge in [-0.2, -0.15) is 0 Å². The van der Waals surface area contributed by atoms with Crippen LogP contribution in [-0.2, 0) is 4.79 Å². The average Bonchev–Trinajstić information content (AvgIpc) is 2.44. The number of hydrogen-bond donors (Lipinski definition) is 0. The molecule has 1 aromatic rings. The molecule has 0 unspecified atom stereocenters. The lowest BCUT2D eigenvalue weighted by Crippen LogP contribution is -2.53. The van der Waals surface area contributed by atoms with Crippen molar-refractivity contribution in [2.75, 3.05) is 0 Å². The van der Waals surface area contributed by atoms with Gasteiger partial charge < -0.3 is 4.74 Å². The molecule has 24 heavy (non-hydrogen) atoms. The van der Waals surface area contributed by atoms with E-state index >= 15 is 0 Å². The molecule has 4 aliphatic carbocycles. The lowest BCUT2D eigenvalue weighted by atomic mass is 9.49. The number of alkyl halides is 1. The van der Waals surface area contributed by atoms with Crippen molar-refractivity contribution in [1.82, 2.24) is 0 Å². The second kappa shape index (κ2) is 5.69. The van der Waals surface area contributed by atoms with Gasteiger partial charge in [0.25, 0.3) is 0 Å². The molecule has 0 radical (unpaired) electrons. The molecular weight excluding hydrogens is 368 g/mol. The summed E-state index contributed by atoms with van der Waals surface area (Å²) in [5.41, 5.74) is 0.765. The number of benzene rings is 1. The van der Waals surface area contributed by atoms with Gasteiger partial charge in [-0.15, -0.1) is 0 Å². The van der Waals surface area contributed by atoms with Gasteiger partial charge in [0.15, 0.2) is 5.78 Å². The van der Waals surface area contributed by atoms with Crippen molar-refractivity contribution in [2.24, 2.45) is 17.3 Å². The van der Waals surface area contributed by atoms with Gasteiger partial charge in [0.05, 0.1) is 6.42 Å². The number of carbonyl (C=O) groups excluding carboxylic acids is 2. The van der Waals surface area contributed by atoms with E-state index in [2.05, 4.69) is 15.9 Å². The fourth-order valence-electron chi connectivity index (χ4n) is 5.77. The van der Waals surface area contributed by atoms with Crippen LogP contribution in [0.5, 0.6) is 5.75 Å². The molecular formula is C20H23BrO3. The zero-order valence-electron chi connectivity index (χ0n) is 14.0. The zero-order valence-corrected chi connectivity index (χ0v) is 15.6. The molecule has 2 atom stereocenters. The lowest BCUT2D eigenvalue weighted by molar-refractivity contribution is -0.141. The van der Waals surface area contributed by atoms with E-state index in [1.807, 2.05) is 0 Å². The Bertz CT molecular complexity index is 665. The number of esters is 1. The molecule has 3 nitrogen and oxygen atoms in total. The highest BCUT2D eigenvalue weighted by Gasteiger charge is 2.57. The van der Waals surface area contributed by atoms with E-state index in [0.717, 1.165) is 18.3 Å². The number of ether oxygens (including phenoxy) is 1. The van der Waals surface area contributed by atoms with Gasteiger partial charge in [-0.3, -0.25) is 9.59 Å². The largest absolute Gasteiger partial charge is 0.427 e. The number of Topliss-reactive ketones (excluding diaryl/α,β-unsaturated/α-hetero) is 1. The van der Waals surface area contributed by atoms with Gasteiger partial charge in [-0.1, -0.05) is 15.9 Å². The van der Waals surface area contributed by atoms with E-state index in [1.165, 1.54) is 39.0 Å². The third kappa shape index (κ3) is 3.05. The Morgan fingerprint density at radius 2 is 1.75 bits per heavy atom. The quantitative estimate of drug-likeness (QED) is 0.317. The highest BCUT2D eigenvalue weighted by Crippen LogP contribution is 2.65. The smallest absolute Gasteiger partial charge is 0.311 e. The minimum Gasteiger partial charge on any atom is -0.427 e. The number of rotatable bonds is 4. The van der Waals surface area contributed by atoms with Crippen LogP contribution in [0.25, 0.3) is 0 Å². The molecule has 0 amide bonds. The number of ketones is 1. The molecule has 0 heterocycles. The Hall–Kier alpha value is -1.16. The van der Waals surface area contributed by atoms with Crippen LogP contribution in [0.15, 0.2) is 24.3 Å². The first-order valence-electron chi connectivity index (χ1n) is 8.85. The topological polar surface area (TPSA) is 43.4 Å². The van der Waals surface area contributed by atoms with Crippen molar-refractivity contribution < 1.29 is 14.3 Å². The first-order valence-corrected chi connectivity index (χ1v) is 9.65. The molecule has 0 aliphatic heterocycles. The zero-order chi connectivity index (χ0) is 16.9. The summed E-state index contributed by atoms with van der Waals surface area (Å²) < 4.78 is 5.82. The molecule has 5 rings (SSSR count). The fourth-order valence-corrected chi connectivity index (χ4v) is 7.28. The van der Waals surface area contributed by atoms with Crippen molar-refractivity contribution >= 4 is 27.7 Å². The van der Waals surface area contributed by atoms with E-state index in [0.29, 0.717) is 17.7 Å². The first kappa shape index (κ1) is 16.3. The van der Waals surface area contributed by atoms with Gasteiger partial charge >= 0.3 is 5.97 Å². The lowest BCUT2D eigenvalue weighted by Gasteiger charge is -2.60. The summed E-state index contributed by atoms with van der Waals surface area (Å²) in [5.74, 6) is 1.96. The second-order valence-corrected chi connectivity index (χ2v) is 10.0. The molecule has 4 aliphatic rings. The highest BCUT2D eigenvalue weighted by molar-refractivity contribution is 9.10. The van der Waals surface area contributed by atoms with Gasteiger partial charge in [-0.05, 0) is 87.0 Å². The third-order valence-corrected chi connectivity index (χ3v) is 7.05. The minimum absolute atomic E-state index is 0.0177. The van der Waals surface area contributed by atoms with Gasteiger partial charge in [-0.25, -0.2) is 0 Å². The van der Waals surface area contributed by atoms with Crippen LogP contribution >= 0.6 is 15.9 Å². The molecule has 4 fully saturated rings. The number of carbonyl (C=O) groups is 2. The normalized spacial score (nSPS) is 36.6. The monoisotopic (exact) mass is 390 g/mol. The Morgan fingerprint density at radius 1 is 1.12 bits per heavy atom. The summed E-state index contributed by atoms with van der Waals surface area (Å²) >= 11 is 3.99. The molecule has 1 aromatic carbocycles. The minimum atomic E-state index is -0.136. The molecule has 0 saturated heterocycles. The van der Waals surface area contributed by atoms with E-state index in [-0.39, 0.29) is 21.5 Å². The molecule has 4 heteroatoms. The summed E-state index contributed by atoms with van der Waals surface area (Å²) in [6, 6.07) is 6.84. The Kier molecular flexibility index (Phi) is 3.87. The predicted octanol–water partition coefficient (Wildman–Crippen LogP) is 4.92. The molecule has 0 aromatic heterocycles. The van der Waals surface area contributed by atoms with Crippen molar-refractivity contribution in [2.45, 2.75) is 56.2 Å². The van der Waals surface area contributed by atoms with Gasteiger partial charge in [0.2, 0.25) is 0 Å². The van der Waals surface area contributed by atoms with E-state index in [9.17, 15) is 9.59 Å². The molecule has 0 spiro atoms. The van der Waals surface area contributed by atoms with Crippen LogP contribution in [0, 0.1) is 17.3 Å². The van der Waals surface area contributed by atoms with Crippen molar-refractivity contribution in [3.63, 3.8) is 0 Å². The maximum absolute atomic E-state index is 12.5. The first-order chi connectivity index (χ1) is 11.3. The number of halogens is 1. The summed E-state index contributed by atoms with van der Waals surface area (Å²) in [6.45, 7) is 1.53. The van der Waals surface area contributed by atoms with Crippen LogP contribution in [0.3, 0.4) is 0 Å². The standard InChI is InChI=1S/C20H23BrO3/c1-13(22)16-2-4-17(5-3-16)24-18(23)11-19-7-14-6-15(8-19)10-20(21,9-14)12-19/h2-5,14-15H,6-12H2,1H3/t14-,15-,19?,20?/m1/s1. The van der Waals surface area contributed by atoms with Crippen LogP contribution in [0.4, 0.5) is 0 Å². The Balaban J connectivity index is 1.43. The summed E-state index contributed by atoms with van der Waals surface area (Å²) in [6.07, 6.45) is 7.86. The average molecular weight is 391 g/mol. The SMILES string of the molecule is CC(=O)c1ccc(OC(=O)CC23C[C@H]4C[C@@H](CC(Br)(C4)C2)C3)cc1. The molecule has 4 bridgehead atoms. The van der Waals surface area contributed by atoms with Gasteiger partial charge in [0.1, 0.15) is 5.75 Å². The summed E-state index contributed by atoms with van der Waals surface area (Å²) in [5, 5.41) is 0. The van der Waals surface area contributed by atoms with Crippen molar-refractivity contribution in [3.05, 3.63) is 29.8 Å². The van der Waals surface area contributed by atoms with Crippen molar-refractivity contribution in [1.29, 1.82) is 0 Å². The molecule has 0 N–H and O–H groups in total. The maximum Gasteiger partial charge on any atom is 0.311 e. The van der Waals surface area contributed by atoms with Crippen LogP contribution in [0.2, 0.25) is 0 Å². The second-order valence-electron chi connectivity index (χ2n) is 8.34. The molecule has 4 saturated carbocycles. The molecule has 128 valence electrons. The summed E-state index contributed by atoms with van der Waals surface area (Å²) in [4.78, 5) is 23.8. The maximum atomic E-state index is 12.5. The number of hydrogen-bond acceptors (Lipinski definition) is 3. The third-order valence-electron chi connectivity index (χ3n) is 6.12. The fraction of sp³-hybridized carbons (Fsp3) is 0.600. The van der Waals surface area contributed by atoms with Crippen LogP contribution < -0.4 is 4.74 Å². The predicted molar refractivity (Wildman–Crippen MR) is 95.5 cm³/mol.